The molecule has 216 valence electrons. The number of anilines is 1. The molecule has 0 atom stereocenters. The van der Waals surface area contributed by atoms with Crippen LogP contribution in [0.5, 0.6) is 11.5 Å². The molecular formula is C32H39N5O3S. The van der Waals surface area contributed by atoms with Gasteiger partial charge in [0.25, 0.3) is 5.91 Å². The Balaban J connectivity index is 1.11. The summed E-state index contributed by atoms with van der Waals surface area (Å²) in [7, 11) is 0. The Labute approximate surface area is 247 Å². The van der Waals surface area contributed by atoms with E-state index in [0.717, 1.165) is 104 Å². The second kappa shape index (κ2) is 11.9. The molecule has 0 aliphatic carbocycles. The van der Waals surface area contributed by atoms with Crippen LogP contribution in [0, 0.1) is 0 Å². The maximum atomic E-state index is 12.9. The number of ether oxygens (including phenoxy) is 2. The summed E-state index contributed by atoms with van der Waals surface area (Å²) in [6.45, 7) is 13.3. The maximum absolute atomic E-state index is 12.9. The lowest BCUT2D eigenvalue weighted by Gasteiger charge is -2.36. The number of nitrogens with zero attached hydrogens (tertiary/aromatic N) is 5. The van der Waals surface area contributed by atoms with Gasteiger partial charge in [0.05, 0.1) is 5.69 Å². The molecule has 0 bridgehead atoms. The van der Waals surface area contributed by atoms with Crippen LogP contribution >= 0.6 is 11.8 Å². The van der Waals surface area contributed by atoms with Crippen molar-refractivity contribution in [3.8, 4) is 11.5 Å². The molecule has 3 aliphatic heterocycles. The first-order chi connectivity index (χ1) is 19.8. The quantitative estimate of drug-likeness (QED) is 0.277. The number of benzene rings is 2. The molecule has 3 aliphatic rings. The third-order valence-corrected chi connectivity index (χ3v) is 8.85. The van der Waals surface area contributed by atoms with Crippen LogP contribution < -0.4 is 14.4 Å². The fraction of sp³-hybridized carbons (Fsp3) is 0.469. The fourth-order valence-electron chi connectivity index (χ4n) is 5.50. The van der Waals surface area contributed by atoms with Crippen LogP contribution in [0.1, 0.15) is 60.8 Å². The predicted molar refractivity (Wildman–Crippen MR) is 162 cm³/mol. The Morgan fingerprint density at radius 3 is 2.44 bits per heavy atom. The van der Waals surface area contributed by atoms with Gasteiger partial charge in [-0.2, -0.15) is 0 Å². The number of carbonyl (C=O) groups excluding carboxylic acids is 1. The van der Waals surface area contributed by atoms with Crippen molar-refractivity contribution in [3.05, 3.63) is 70.9 Å². The van der Waals surface area contributed by atoms with Crippen molar-refractivity contribution in [3.63, 3.8) is 0 Å². The van der Waals surface area contributed by atoms with Gasteiger partial charge in [0.1, 0.15) is 5.82 Å². The van der Waals surface area contributed by atoms with Gasteiger partial charge < -0.3 is 19.3 Å². The smallest absolute Gasteiger partial charge is 0.253 e. The molecule has 41 heavy (non-hydrogen) atoms. The van der Waals surface area contributed by atoms with Crippen LogP contribution in [0.4, 0.5) is 5.82 Å². The summed E-state index contributed by atoms with van der Waals surface area (Å²) in [5.74, 6) is 3.52. The summed E-state index contributed by atoms with van der Waals surface area (Å²) in [5.41, 5.74) is 4.09. The van der Waals surface area contributed by atoms with Gasteiger partial charge in [0, 0.05) is 68.6 Å². The third kappa shape index (κ3) is 6.62. The minimum atomic E-state index is -0.0871. The lowest BCUT2D eigenvalue weighted by Crippen LogP contribution is -2.46. The average molecular weight is 574 g/mol. The van der Waals surface area contributed by atoms with Crippen molar-refractivity contribution in [2.24, 2.45) is 0 Å². The van der Waals surface area contributed by atoms with E-state index in [1.54, 1.807) is 11.8 Å². The number of fused-ring (bicyclic) bond motifs is 1. The SMILES string of the molecule is CC(C)(C)c1cc(N2CCN(Cc3ccc4c(c3)OCO4)CC2)nc(SCc2cccc(C(=O)N3CCCC3)c2)n1. The minimum Gasteiger partial charge on any atom is -0.454 e. The summed E-state index contributed by atoms with van der Waals surface area (Å²) in [4.78, 5) is 29.7. The van der Waals surface area contributed by atoms with Crippen LogP contribution in [0.3, 0.4) is 0 Å². The molecule has 1 amide bonds. The second-order valence-electron chi connectivity index (χ2n) is 12.1. The average Bonchev–Trinajstić information content (AvgIpc) is 3.68. The van der Waals surface area contributed by atoms with E-state index in [9.17, 15) is 4.79 Å². The first-order valence-electron chi connectivity index (χ1n) is 14.6. The lowest BCUT2D eigenvalue weighted by molar-refractivity contribution is 0.0792. The van der Waals surface area contributed by atoms with Gasteiger partial charge >= 0.3 is 0 Å². The monoisotopic (exact) mass is 573 g/mol. The zero-order valence-corrected chi connectivity index (χ0v) is 25.1. The molecular weight excluding hydrogens is 534 g/mol. The summed E-state index contributed by atoms with van der Waals surface area (Å²) < 4.78 is 11.0. The minimum absolute atomic E-state index is 0.0871. The van der Waals surface area contributed by atoms with E-state index in [2.05, 4.69) is 54.8 Å². The third-order valence-electron chi connectivity index (χ3n) is 7.94. The van der Waals surface area contributed by atoms with Crippen molar-refractivity contribution in [2.75, 3.05) is 51.0 Å². The lowest BCUT2D eigenvalue weighted by atomic mass is 9.92. The van der Waals surface area contributed by atoms with Gasteiger partial charge in [-0.3, -0.25) is 9.69 Å². The number of likely N-dealkylation sites (tertiary alicyclic amines) is 1. The Morgan fingerprint density at radius 1 is 0.878 bits per heavy atom. The Morgan fingerprint density at radius 2 is 1.66 bits per heavy atom. The van der Waals surface area contributed by atoms with Gasteiger partial charge in [-0.25, -0.2) is 9.97 Å². The molecule has 2 aromatic carbocycles. The van der Waals surface area contributed by atoms with Crippen LogP contribution in [-0.4, -0.2) is 71.7 Å². The number of aromatic nitrogens is 2. The summed E-state index contributed by atoms with van der Waals surface area (Å²) >= 11 is 1.64. The summed E-state index contributed by atoms with van der Waals surface area (Å²) in [6.07, 6.45) is 2.19. The zero-order chi connectivity index (χ0) is 28.4. The highest BCUT2D eigenvalue weighted by molar-refractivity contribution is 7.98. The van der Waals surface area contributed by atoms with E-state index in [0.29, 0.717) is 6.79 Å². The van der Waals surface area contributed by atoms with Crippen molar-refractivity contribution in [1.29, 1.82) is 0 Å². The summed E-state index contributed by atoms with van der Waals surface area (Å²) in [6, 6.07) is 16.4. The molecule has 1 aromatic heterocycles. The number of rotatable bonds is 7. The van der Waals surface area contributed by atoms with Crippen LogP contribution in [0.15, 0.2) is 53.7 Å². The molecule has 4 heterocycles. The van der Waals surface area contributed by atoms with Crippen molar-refractivity contribution in [1.82, 2.24) is 19.8 Å². The fourth-order valence-corrected chi connectivity index (χ4v) is 6.30. The molecule has 0 radical (unpaired) electrons. The zero-order valence-electron chi connectivity index (χ0n) is 24.3. The van der Waals surface area contributed by atoms with Gasteiger partial charge in [0.15, 0.2) is 16.7 Å². The van der Waals surface area contributed by atoms with Crippen LogP contribution in [0.25, 0.3) is 0 Å². The molecule has 0 spiro atoms. The van der Waals surface area contributed by atoms with E-state index in [4.69, 9.17) is 19.4 Å². The number of carbonyl (C=O) groups is 1. The number of thioether (sulfide) groups is 1. The number of hydrogen-bond acceptors (Lipinski definition) is 8. The first-order valence-corrected chi connectivity index (χ1v) is 15.6. The standard InChI is InChI=1S/C32H39N5O3S/c1-32(2,3)28-19-29(36-15-13-35(14-16-36)20-23-9-10-26-27(18-23)40-22-39-26)34-31(33-28)41-21-24-7-6-8-25(17-24)30(38)37-11-4-5-12-37/h6-10,17-19H,4-5,11-16,20-22H2,1-3H3. The van der Waals surface area contributed by atoms with Crippen LogP contribution in [-0.2, 0) is 17.7 Å². The number of piperazine rings is 1. The Bertz CT molecular complexity index is 1390. The normalized spacial score (nSPS) is 17.3. The van der Waals surface area contributed by atoms with E-state index >= 15 is 0 Å². The van der Waals surface area contributed by atoms with Gasteiger partial charge in [0.2, 0.25) is 6.79 Å². The molecule has 8 nitrogen and oxygen atoms in total. The molecule has 0 unspecified atom stereocenters. The van der Waals surface area contributed by atoms with Gasteiger partial charge in [-0.1, -0.05) is 50.7 Å². The Hall–Kier alpha value is -3.30. The molecule has 3 aromatic rings. The number of amides is 1. The topological polar surface area (TPSA) is 71.0 Å². The highest BCUT2D eigenvalue weighted by Gasteiger charge is 2.24. The molecule has 6 rings (SSSR count). The van der Waals surface area contributed by atoms with Crippen molar-refractivity contribution in [2.45, 2.75) is 56.5 Å². The molecule has 9 heteroatoms. The van der Waals surface area contributed by atoms with E-state index in [1.165, 1.54) is 5.56 Å². The van der Waals surface area contributed by atoms with Crippen LogP contribution in [0.2, 0.25) is 0 Å². The van der Waals surface area contributed by atoms with Gasteiger partial charge in [-0.05, 0) is 48.2 Å². The first kappa shape index (κ1) is 27.8. The molecule has 2 fully saturated rings. The molecule has 0 saturated carbocycles. The van der Waals surface area contributed by atoms with E-state index in [-0.39, 0.29) is 11.3 Å². The largest absolute Gasteiger partial charge is 0.454 e. The number of hydrogen-bond donors (Lipinski definition) is 0. The predicted octanol–water partition coefficient (Wildman–Crippen LogP) is 5.35. The van der Waals surface area contributed by atoms with Crippen molar-refractivity contribution >= 4 is 23.5 Å². The van der Waals surface area contributed by atoms with Crippen molar-refractivity contribution < 1.29 is 14.3 Å². The summed E-state index contributed by atoms with van der Waals surface area (Å²) in [5, 5.41) is 0.784. The second-order valence-corrected chi connectivity index (χ2v) is 13.0. The highest BCUT2D eigenvalue weighted by atomic mass is 32.2. The maximum Gasteiger partial charge on any atom is 0.253 e. The molecule has 0 N–H and O–H groups in total. The van der Waals surface area contributed by atoms with E-state index in [1.807, 2.05) is 29.2 Å². The Kier molecular flexibility index (Phi) is 8.08. The van der Waals surface area contributed by atoms with E-state index < -0.39 is 0 Å². The molecule has 2 saturated heterocycles. The highest BCUT2D eigenvalue weighted by Crippen LogP contribution is 2.33. The van der Waals surface area contributed by atoms with Gasteiger partial charge in [-0.15, -0.1) is 0 Å².